The van der Waals surface area contributed by atoms with Crippen molar-refractivity contribution in [1.82, 2.24) is 14.8 Å². The number of pyridine rings is 1. The van der Waals surface area contributed by atoms with Gasteiger partial charge in [0.1, 0.15) is 5.82 Å². The molecule has 0 radical (unpaired) electrons. The zero-order valence-electron chi connectivity index (χ0n) is 20.2. The predicted octanol–water partition coefficient (Wildman–Crippen LogP) is 4.43. The molecular formula is C26H31F3N4O2. The monoisotopic (exact) mass is 488 g/mol. The van der Waals surface area contributed by atoms with Gasteiger partial charge >= 0.3 is 0 Å². The highest BCUT2D eigenvalue weighted by Crippen LogP contribution is 2.61. The highest BCUT2D eigenvalue weighted by atomic mass is 19.3. The molecule has 1 atom stereocenters. The van der Waals surface area contributed by atoms with Crippen LogP contribution < -0.4 is 16.2 Å². The Labute approximate surface area is 202 Å². The molecule has 6 rings (SSSR count). The molecule has 0 spiro atoms. The fourth-order valence-corrected chi connectivity index (χ4v) is 5.70. The zero-order valence-corrected chi connectivity index (χ0v) is 20.2. The number of benzene rings is 1. The minimum Gasteiger partial charge on any atom is -0.381 e. The Bertz CT molecular complexity index is 1190. The first-order chi connectivity index (χ1) is 16.6. The summed E-state index contributed by atoms with van der Waals surface area (Å²) in [5, 5.41) is 6.11. The number of carbonyl (C=O) groups excluding carboxylic acids is 1. The number of alkyl halides is 2. The van der Waals surface area contributed by atoms with Crippen molar-refractivity contribution in [3.8, 4) is 0 Å². The molecule has 1 unspecified atom stereocenters. The van der Waals surface area contributed by atoms with E-state index in [-0.39, 0.29) is 22.7 Å². The van der Waals surface area contributed by atoms with Crippen molar-refractivity contribution in [2.24, 2.45) is 5.92 Å². The second kappa shape index (κ2) is 8.69. The summed E-state index contributed by atoms with van der Waals surface area (Å²) >= 11 is 0. The first-order valence-corrected chi connectivity index (χ1v) is 12.2. The van der Waals surface area contributed by atoms with Gasteiger partial charge in [0.2, 0.25) is 0 Å². The van der Waals surface area contributed by atoms with Crippen molar-refractivity contribution in [1.29, 1.82) is 0 Å². The third kappa shape index (κ3) is 4.13. The molecule has 1 aromatic heterocycles. The third-order valence-corrected chi connectivity index (χ3v) is 8.13. The van der Waals surface area contributed by atoms with Gasteiger partial charge in [-0.3, -0.25) is 9.59 Å². The Kier molecular flexibility index (Phi) is 5.94. The molecule has 2 bridgehead atoms. The van der Waals surface area contributed by atoms with Crippen LogP contribution in [0.2, 0.25) is 0 Å². The molecule has 4 saturated carbocycles. The summed E-state index contributed by atoms with van der Waals surface area (Å²) in [6, 6.07) is 5.01. The second-order valence-corrected chi connectivity index (χ2v) is 10.7. The summed E-state index contributed by atoms with van der Waals surface area (Å²) in [5.74, 6) is -0.845. The van der Waals surface area contributed by atoms with Crippen molar-refractivity contribution < 1.29 is 18.0 Å². The van der Waals surface area contributed by atoms with Gasteiger partial charge in [-0.05, 0) is 59.0 Å². The lowest BCUT2D eigenvalue weighted by molar-refractivity contribution is -0.0914. The lowest BCUT2D eigenvalue weighted by Crippen LogP contribution is -2.62. The molecule has 35 heavy (non-hydrogen) atoms. The van der Waals surface area contributed by atoms with Crippen LogP contribution in [0.25, 0.3) is 0 Å². The summed E-state index contributed by atoms with van der Waals surface area (Å²) in [7, 11) is 4.04. The minimum absolute atomic E-state index is 0.00813. The highest BCUT2D eigenvalue weighted by molar-refractivity contribution is 5.99. The van der Waals surface area contributed by atoms with Gasteiger partial charge in [0.25, 0.3) is 17.9 Å². The maximum absolute atomic E-state index is 14.7. The molecular weight excluding hydrogens is 457 g/mol. The maximum atomic E-state index is 14.7. The molecule has 188 valence electrons. The molecule has 2 N–H and O–H groups in total. The van der Waals surface area contributed by atoms with Gasteiger partial charge in [-0.25, -0.2) is 13.2 Å². The van der Waals surface area contributed by atoms with E-state index in [2.05, 4.69) is 15.5 Å². The van der Waals surface area contributed by atoms with Crippen LogP contribution in [0, 0.1) is 11.7 Å². The number of carbonyl (C=O) groups is 1. The summed E-state index contributed by atoms with van der Waals surface area (Å²) in [6.45, 7) is 1.56. The van der Waals surface area contributed by atoms with Crippen molar-refractivity contribution >= 4 is 11.6 Å². The van der Waals surface area contributed by atoms with E-state index in [9.17, 15) is 22.8 Å². The van der Waals surface area contributed by atoms with Crippen LogP contribution in [-0.2, 0) is 5.54 Å². The second-order valence-electron chi connectivity index (χ2n) is 10.7. The van der Waals surface area contributed by atoms with Gasteiger partial charge in [0, 0.05) is 35.4 Å². The molecule has 1 heterocycles. The normalized spacial score (nSPS) is 27.6. The lowest BCUT2D eigenvalue weighted by atomic mass is 9.49. The fourth-order valence-electron chi connectivity index (χ4n) is 5.70. The van der Waals surface area contributed by atoms with Crippen LogP contribution in [0.4, 0.5) is 18.9 Å². The average Bonchev–Trinajstić information content (AvgIpc) is 2.69. The summed E-state index contributed by atoms with van der Waals surface area (Å²) in [4.78, 5) is 28.5. The SMILES string of the molecule is CC(NC(=O)c1cn(C23CC(C2)C3)c(=O)cc1NC1CC(N(C)C)C1)c1cccc(C(F)F)c1F. The summed E-state index contributed by atoms with van der Waals surface area (Å²) < 4.78 is 42.7. The zero-order chi connectivity index (χ0) is 25.1. The van der Waals surface area contributed by atoms with E-state index in [0.717, 1.165) is 38.2 Å². The van der Waals surface area contributed by atoms with E-state index in [1.54, 1.807) is 17.7 Å². The molecule has 4 fully saturated rings. The Balaban J connectivity index is 1.42. The van der Waals surface area contributed by atoms with Crippen LogP contribution in [0.15, 0.2) is 35.3 Å². The Morgan fingerprint density at radius 3 is 2.40 bits per heavy atom. The van der Waals surface area contributed by atoms with Gasteiger partial charge in [-0.2, -0.15) is 0 Å². The van der Waals surface area contributed by atoms with Crippen molar-refractivity contribution in [2.45, 2.75) is 69.1 Å². The number of rotatable bonds is 8. The molecule has 1 aromatic carbocycles. The van der Waals surface area contributed by atoms with Gasteiger partial charge in [-0.15, -0.1) is 0 Å². The Morgan fingerprint density at radius 2 is 1.83 bits per heavy atom. The van der Waals surface area contributed by atoms with Gasteiger partial charge < -0.3 is 20.1 Å². The fraction of sp³-hybridized carbons (Fsp3) is 0.538. The molecule has 4 aliphatic rings. The molecule has 4 aliphatic carbocycles. The van der Waals surface area contributed by atoms with E-state index in [1.807, 2.05) is 14.1 Å². The highest BCUT2D eigenvalue weighted by Gasteiger charge is 2.58. The molecule has 6 nitrogen and oxygen atoms in total. The topological polar surface area (TPSA) is 66.4 Å². The van der Waals surface area contributed by atoms with Crippen LogP contribution in [0.5, 0.6) is 0 Å². The number of hydrogen-bond donors (Lipinski definition) is 2. The molecule has 1 amide bonds. The van der Waals surface area contributed by atoms with E-state index in [4.69, 9.17) is 0 Å². The quantitative estimate of drug-likeness (QED) is 0.577. The van der Waals surface area contributed by atoms with Crippen molar-refractivity contribution in [3.05, 3.63) is 63.3 Å². The Morgan fingerprint density at radius 1 is 1.17 bits per heavy atom. The van der Waals surface area contributed by atoms with Gasteiger partial charge in [-0.1, -0.05) is 18.2 Å². The van der Waals surface area contributed by atoms with Crippen LogP contribution >= 0.6 is 0 Å². The van der Waals surface area contributed by atoms with E-state index < -0.39 is 29.8 Å². The molecule has 0 aliphatic heterocycles. The number of nitrogens with one attached hydrogen (secondary N) is 2. The molecule has 0 saturated heterocycles. The average molecular weight is 489 g/mol. The van der Waals surface area contributed by atoms with Crippen LogP contribution in [0.3, 0.4) is 0 Å². The first-order valence-electron chi connectivity index (χ1n) is 12.2. The van der Waals surface area contributed by atoms with Crippen molar-refractivity contribution in [2.75, 3.05) is 19.4 Å². The van der Waals surface area contributed by atoms with E-state index >= 15 is 0 Å². The Hall–Kier alpha value is -2.81. The minimum atomic E-state index is -2.95. The number of halogens is 3. The van der Waals surface area contributed by atoms with E-state index in [0.29, 0.717) is 23.2 Å². The number of nitrogens with zero attached hydrogens (tertiary/aromatic N) is 2. The predicted molar refractivity (Wildman–Crippen MR) is 127 cm³/mol. The maximum Gasteiger partial charge on any atom is 0.266 e. The number of aromatic nitrogens is 1. The number of amides is 1. The molecule has 9 heteroatoms. The van der Waals surface area contributed by atoms with Crippen LogP contribution in [0.1, 0.15) is 73.0 Å². The number of anilines is 1. The number of hydrogen-bond acceptors (Lipinski definition) is 4. The van der Waals surface area contributed by atoms with Gasteiger partial charge in [0.15, 0.2) is 0 Å². The van der Waals surface area contributed by atoms with Gasteiger partial charge in [0.05, 0.1) is 22.9 Å². The largest absolute Gasteiger partial charge is 0.381 e. The summed E-state index contributed by atoms with van der Waals surface area (Å²) in [6.07, 6.45) is 3.28. The van der Waals surface area contributed by atoms with Crippen molar-refractivity contribution in [3.63, 3.8) is 0 Å². The smallest absolute Gasteiger partial charge is 0.266 e. The van der Waals surface area contributed by atoms with E-state index in [1.165, 1.54) is 18.2 Å². The standard InChI is InChI=1S/C26H31F3N4O2/c1-14(18-5-4-6-19(23(18)27)24(28)29)30-25(35)20-13-33(26-10-15(11-26)12-26)22(34)9-21(20)31-16-7-17(8-16)32(2)3/h4-6,9,13-17,24,31H,7-8,10-12H2,1-3H3,(H,30,35). The summed E-state index contributed by atoms with van der Waals surface area (Å²) in [5.41, 5.74) is -0.291. The molecule has 2 aromatic rings. The lowest BCUT2D eigenvalue weighted by Gasteiger charge is -2.62. The third-order valence-electron chi connectivity index (χ3n) is 8.13. The van der Waals surface area contributed by atoms with Crippen LogP contribution in [-0.4, -0.2) is 41.6 Å². The first kappa shape index (κ1) is 23.9.